The zero-order chi connectivity index (χ0) is 22.8. The van der Waals surface area contributed by atoms with E-state index in [9.17, 15) is 0 Å². The number of hydrogen-bond donors (Lipinski definition) is 0. The second kappa shape index (κ2) is 7.11. The Morgan fingerprint density at radius 2 is 1.39 bits per heavy atom. The summed E-state index contributed by atoms with van der Waals surface area (Å²) in [5, 5.41) is 5.71. The Hall–Kier alpha value is -3.28. The van der Waals surface area contributed by atoms with Crippen LogP contribution in [0.1, 0.15) is 27.7 Å². The van der Waals surface area contributed by atoms with Crippen molar-refractivity contribution >= 4 is 45.0 Å². The molecule has 3 heterocycles. The van der Waals surface area contributed by atoms with Crippen LogP contribution in [0.15, 0.2) is 79.1 Å². The van der Waals surface area contributed by atoms with Gasteiger partial charge >= 0.3 is 7.12 Å². The van der Waals surface area contributed by atoms with Crippen molar-refractivity contribution in [3.8, 4) is 11.3 Å². The molecule has 3 aromatic carbocycles. The van der Waals surface area contributed by atoms with Crippen molar-refractivity contribution in [2.24, 2.45) is 0 Å². The summed E-state index contributed by atoms with van der Waals surface area (Å²) >= 11 is 0. The molecule has 4 nitrogen and oxygen atoms in total. The Labute approximate surface area is 193 Å². The summed E-state index contributed by atoms with van der Waals surface area (Å²) in [7, 11) is -0.461. The van der Waals surface area contributed by atoms with Crippen LogP contribution >= 0.6 is 0 Å². The van der Waals surface area contributed by atoms with Crippen molar-refractivity contribution in [3.63, 3.8) is 0 Å². The van der Waals surface area contributed by atoms with E-state index in [1.54, 1.807) is 6.20 Å². The smallest absolute Gasteiger partial charge is 0.399 e. The van der Waals surface area contributed by atoms with E-state index in [4.69, 9.17) is 14.3 Å². The van der Waals surface area contributed by atoms with Crippen molar-refractivity contribution in [1.29, 1.82) is 0 Å². The highest BCUT2D eigenvalue weighted by Crippen LogP contribution is 2.40. The fourth-order valence-corrected chi connectivity index (χ4v) is 4.73. The van der Waals surface area contributed by atoms with E-state index in [1.807, 2.05) is 18.3 Å². The molecule has 0 unspecified atom stereocenters. The first-order chi connectivity index (χ1) is 15.9. The number of hydrogen-bond acceptors (Lipinski definition) is 4. The van der Waals surface area contributed by atoms with Gasteiger partial charge in [-0.2, -0.15) is 0 Å². The maximum absolute atomic E-state index is 6.49. The third-order valence-corrected chi connectivity index (χ3v) is 7.18. The summed E-state index contributed by atoms with van der Waals surface area (Å²) < 4.78 is 13.0. The van der Waals surface area contributed by atoms with Crippen LogP contribution in [-0.4, -0.2) is 28.3 Å². The first-order valence-corrected chi connectivity index (χ1v) is 11.4. The van der Waals surface area contributed by atoms with Gasteiger partial charge in [0.2, 0.25) is 0 Å². The summed E-state index contributed by atoms with van der Waals surface area (Å²) in [6.45, 7) is 8.36. The van der Waals surface area contributed by atoms with Crippen LogP contribution in [0.5, 0.6) is 0 Å². The third-order valence-electron chi connectivity index (χ3n) is 7.18. The van der Waals surface area contributed by atoms with E-state index >= 15 is 0 Å². The maximum Gasteiger partial charge on any atom is 0.495 e. The van der Waals surface area contributed by atoms with E-state index in [0.717, 1.165) is 38.4 Å². The molecule has 33 heavy (non-hydrogen) atoms. The van der Waals surface area contributed by atoms with E-state index in [1.165, 1.54) is 10.8 Å². The molecule has 1 aliphatic heterocycles. The standard InChI is InChI=1S/C28H25BN2O2/c1-27(2)28(3,4)33-29(32-27)23-16-22-25(20-12-6-5-11-19(20)23)21-13-7-8-14-24(21)31-26(22)18-10-9-15-30-17-18/h5-17H,1-4H3. The fourth-order valence-electron chi connectivity index (χ4n) is 4.73. The highest BCUT2D eigenvalue weighted by molar-refractivity contribution is 6.66. The fraction of sp³-hybridized carbons (Fsp3) is 0.214. The molecule has 1 fully saturated rings. The predicted molar refractivity (Wildman–Crippen MR) is 136 cm³/mol. The predicted octanol–water partition coefficient (Wildman–Crippen LogP) is 5.90. The Morgan fingerprint density at radius 3 is 2.09 bits per heavy atom. The second-order valence-electron chi connectivity index (χ2n) is 9.74. The number of fused-ring (bicyclic) bond motifs is 5. The third kappa shape index (κ3) is 3.07. The van der Waals surface area contributed by atoms with Crippen molar-refractivity contribution in [1.82, 2.24) is 9.97 Å². The average Bonchev–Trinajstić information content (AvgIpc) is 3.04. The number of para-hydroxylation sites is 1. The van der Waals surface area contributed by atoms with Gasteiger partial charge in [0.25, 0.3) is 0 Å². The van der Waals surface area contributed by atoms with Gasteiger partial charge < -0.3 is 9.31 Å². The topological polar surface area (TPSA) is 44.2 Å². The lowest BCUT2D eigenvalue weighted by Gasteiger charge is -2.32. The molecule has 0 atom stereocenters. The highest BCUT2D eigenvalue weighted by atomic mass is 16.7. The summed E-state index contributed by atoms with van der Waals surface area (Å²) in [4.78, 5) is 9.44. The molecule has 5 heteroatoms. The van der Waals surface area contributed by atoms with Crippen LogP contribution in [0.2, 0.25) is 0 Å². The maximum atomic E-state index is 6.49. The minimum absolute atomic E-state index is 0.415. The number of benzene rings is 3. The van der Waals surface area contributed by atoms with Crippen LogP contribution in [0, 0.1) is 0 Å². The second-order valence-corrected chi connectivity index (χ2v) is 9.74. The quantitative estimate of drug-likeness (QED) is 0.257. The lowest BCUT2D eigenvalue weighted by Crippen LogP contribution is -2.41. The molecule has 0 saturated carbocycles. The number of nitrogens with zero attached hydrogens (tertiary/aromatic N) is 2. The van der Waals surface area contributed by atoms with Crippen molar-refractivity contribution < 1.29 is 9.31 Å². The van der Waals surface area contributed by atoms with E-state index < -0.39 is 18.3 Å². The van der Waals surface area contributed by atoms with Crippen LogP contribution in [0.25, 0.3) is 43.7 Å². The first-order valence-electron chi connectivity index (χ1n) is 11.4. The van der Waals surface area contributed by atoms with Gasteiger partial charge in [-0.05, 0) is 62.1 Å². The summed E-state index contributed by atoms with van der Waals surface area (Å²) in [6.07, 6.45) is 3.66. The highest BCUT2D eigenvalue weighted by Gasteiger charge is 2.52. The van der Waals surface area contributed by atoms with E-state index in [2.05, 4.69) is 87.3 Å². The van der Waals surface area contributed by atoms with Gasteiger partial charge in [0.05, 0.1) is 22.4 Å². The molecule has 0 amide bonds. The van der Waals surface area contributed by atoms with Crippen LogP contribution < -0.4 is 5.46 Å². The SMILES string of the molecule is CC1(C)OB(c2cc3c(-c4cccnc4)nc4ccccc4c3c3ccccc23)OC1(C)C. The Kier molecular flexibility index (Phi) is 4.38. The first kappa shape index (κ1) is 20.3. The number of pyridine rings is 2. The molecular weight excluding hydrogens is 407 g/mol. The monoisotopic (exact) mass is 432 g/mol. The Morgan fingerprint density at radius 1 is 0.727 bits per heavy atom. The molecule has 0 radical (unpaired) electrons. The van der Waals surface area contributed by atoms with E-state index in [-0.39, 0.29) is 0 Å². The lowest BCUT2D eigenvalue weighted by molar-refractivity contribution is 0.00578. The van der Waals surface area contributed by atoms with Gasteiger partial charge in [-0.25, -0.2) is 4.98 Å². The minimum Gasteiger partial charge on any atom is -0.399 e. The summed E-state index contributed by atoms with van der Waals surface area (Å²) in [5.41, 5.74) is 3.07. The minimum atomic E-state index is -0.461. The largest absolute Gasteiger partial charge is 0.495 e. The van der Waals surface area contributed by atoms with Gasteiger partial charge in [-0.3, -0.25) is 4.98 Å². The van der Waals surface area contributed by atoms with Gasteiger partial charge in [0.1, 0.15) is 0 Å². The molecule has 2 aromatic heterocycles. The zero-order valence-corrected chi connectivity index (χ0v) is 19.3. The molecule has 1 aliphatic rings. The average molecular weight is 432 g/mol. The lowest BCUT2D eigenvalue weighted by atomic mass is 9.74. The van der Waals surface area contributed by atoms with Crippen LogP contribution in [0.3, 0.4) is 0 Å². The normalized spacial score (nSPS) is 17.3. The van der Waals surface area contributed by atoms with Gasteiger partial charge in [-0.15, -0.1) is 0 Å². The number of rotatable bonds is 2. The molecule has 0 bridgehead atoms. The Balaban J connectivity index is 1.75. The molecule has 1 saturated heterocycles. The van der Waals surface area contributed by atoms with Crippen molar-refractivity contribution in [3.05, 3.63) is 79.1 Å². The molecular formula is C28H25BN2O2. The van der Waals surface area contributed by atoms with Gasteiger partial charge in [0, 0.05) is 34.1 Å². The molecule has 0 aliphatic carbocycles. The molecule has 162 valence electrons. The van der Waals surface area contributed by atoms with Crippen molar-refractivity contribution in [2.75, 3.05) is 0 Å². The van der Waals surface area contributed by atoms with Crippen molar-refractivity contribution in [2.45, 2.75) is 38.9 Å². The van der Waals surface area contributed by atoms with E-state index in [0.29, 0.717) is 0 Å². The summed E-state index contributed by atoms with van der Waals surface area (Å²) in [5.74, 6) is 0. The molecule has 0 N–H and O–H groups in total. The zero-order valence-electron chi connectivity index (χ0n) is 19.3. The van der Waals surface area contributed by atoms with Crippen LogP contribution in [0.4, 0.5) is 0 Å². The molecule has 5 aromatic rings. The van der Waals surface area contributed by atoms with Gasteiger partial charge in [0.15, 0.2) is 0 Å². The number of aromatic nitrogens is 2. The van der Waals surface area contributed by atoms with Gasteiger partial charge in [-0.1, -0.05) is 48.5 Å². The Bertz CT molecular complexity index is 1510. The molecule has 6 rings (SSSR count). The molecule has 0 spiro atoms. The summed E-state index contributed by atoms with van der Waals surface area (Å²) in [6, 6.07) is 23.1. The van der Waals surface area contributed by atoms with Crippen LogP contribution in [-0.2, 0) is 9.31 Å².